The fraction of sp³-hybridized carbons (Fsp3) is 0.500. The zero-order valence-corrected chi connectivity index (χ0v) is 17.0. The summed E-state index contributed by atoms with van der Waals surface area (Å²) < 4.78 is 5.03. The zero-order chi connectivity index (χ0) is 21.4. The van der Waals surface area contributed by atoms with Crippen LogP contribution >= 0.6 is 0 Å². The zero-order valence-electron chi connectivity index (χ0n) is 17.0. The number of urea groups is 1. The number of rotatable bonds is 9. The Morgan fingerprint density at radius 2 is 1.79 bits per heavy atom. The average molecular weight is 404 g/mol. The maximum absolute atomic E-state index is 12.1. The summed E-state index contributed by atoms with van der Waals surface area (Å²) in [5, 5.41) is 8.22. The third-order valence-corrected chi connectivity index (χ3v) is 4.14. The number of hydrogen-bond donors (Lipinski definition) is 3. The number of likely N-dealkylation sites (N-methyl/N-ethyl adjacent to an activating group) is 1. The first-order chi connectivity index (χ1) is 13.7. The lowest BCUT2D eigenvalue weighted by Crippen LogP contribution is -2.40. The molecule has 1 saturated carbocycles. The molecule has 1 fully saturated rings. The number of nitrogens with one attached hydrogen (secondary N) is 3. The molecule has 0 saturated heterocycles. The molecular weight excluding hydrogens is 376 g/mol. The van der Waals surface area contributed by atoms with Gasteiger partial charge in [-0.2, -0.15) is 0 Å². The maximum Gasteiger partial charge on any atom is 0.338 e. The van der Waals surface area contributed by atoms with E-state index in [1.165, 1.54) is 11.9 Å². The van der Waals surface area contributed by atoms with Crippen LogP contribution in [0.3, 0.4) is 0 Å². The van der Waals surface area contributed by atoms with Crippen LogP contribution in [0.2, 0.25) is 0 Å². The highest BCUT2D eigenvalue weighted by atomic mass is 16.5. The summed E-state index contributed by atoms with van der Waals surface area (Å²) in [6.45, 7) is 3.54. The molecule has 1 aliphatic rings. The van der Waals surface area contributed by atoms with Crippen molar-refractivity contribution in [2.45, 2.75) is 45.3 Å². The Labute approximate surface area is 170 Å². The van der Waals surface area contributed by atoms with Gasteiger partial charge in [0.1, 0.15) is 0 Å². The first-order valence-corrected chi connectivity index (χ1v) is 9.58. The molecule has 4 amide bonds. The predicted molar refractivity (Wildman–Crippen MR) is 106 cm³/mol. The van der Waals surface area contributed by atoms with Gasteiger partial charge < -0.3 is 25.6 Å². The first kappa shape index (κ1) is 22.2. The standard InChI is InChI=1S/C20H28N4O5/c1-13(2)22-20(28)21-10-14-4-6-15(7-5-14)19(27)29-12-18(26)24(3)11-17(25)23-16-8-9-16/h4-7,13,16H,8-12H2,1-3H3,(H,23,25)(H2,21,22,28). The molecule has 9 heteroatoms. The van der Waals surface area contributed by atoms with E-state index < -0.39 is 18.5 Å². The van der Waals surface area contributed by atoms with Gasteiger partial charge in [0, 0.05) is 25.7 Å². The van der Waals surface area contributed by atoms with Crippen LogP contribution in [0.15, 0.2) is 24.3 Å². The van der Waals surface area contributed by atoms with Crippen molar-refractivity contribution in [3.63, 3.8) is 0 Å². The molecule has 0 radical (unpaired) electrons. The second-order valence-electron chi connectivity index (χ2n) is 7.35. The van der Waals surface area contributed by atoms with Crippen LogP contribution in [0.25, 0.3) is 0 Å². The fourth-order valence-corrected chi connectivity index (χ4v) is 2.38. The Morgan fingerprint density at radius 3 is 2.38 bits per heavy atom. The van der Waals surface area contributed by atoms with Crippen molar-refractivity contribution in [3.8, 4) is 0 Å². The molecule has 158 valence electrons. The fourth-order valence-electron chi connectivity index (χ4n) is 2.38. The molecule has 0 atom stereocenters. The molecule has 1 aromatic rings. The van der Waals surface area contributed by atoms with Crippen LogP contribution < -0.4 is 16.0 Å². The van der Waals surface area contributed by atoms with Crippen molar-refractivity contribution < 1.29 is 23.9 Å². The van der Waals surface area contributed by atoms with E-state index in [1.54, 1.807) is 24.3 Å². The quantitative estimate of drug-likeness (QED) is 0.526. The van der Waals surface area contributed by atoms with Crippen LogP contribution in [0.4, 0.5) is 4.79 Å². The summed E-state index contributed by atoms with van der Waals surface area (Å²) in [4.78, 5) is 48.6. The number of amides is 4. The minimum absolute atomic E-state index is 0.0430. The molecule has 0 unspecified atom stereocenters. The van der Waals surface area contributed by atoms with Crippen LogP contribution in [-0.4, -0.2) is 61.0 Å². The van der Waals surface area contributed by atoms with Gasteiger partial charge in [-0.1, -0.05) is 12.1 Å². The van der Waals surface area contributed by atoms with E-state index in [-0.39, 0.29) is 30.6 Å². The van der Waals surface area contributed by atoms with Gasteiger partial charge in [-0.25, -0.2) is 9.59 Å². The summed E-state index contributed by atoms with van der Waals surface area (Å²) in [7, 11) is 1.49. The third-order valence-electron chi connectivity index (χ3n) is 4.14. The topological polar surface area (TPSA) is 117 Å². The van der Waals surface area contributed by atoms with E-state index >= 15 is 0 Å². The van der Waals surface area contributed by atoms with Gasteiger partial charge in [0.15, 0.2) is 6.61 Å². The molecule has 1 aliphatic carbocycles. The average Bonchev–Trinajstić information content (AvgIpc) is 3.47. The third kappa shape index (κ3) is 8.20. The highest BCUT2D eigenvalue weighted by molar-refractivity contribution is 5.92. The summed E-state index contributed by atoms with van der Waals surface area (Å²) in [6, 6.07) is 6.53. The Kier molecular flexibility index (Phi) is 7.99. The smallest absolute Gasteiger partial charge is 0.338 e. The second kappa shape index (κ2) is 10.4. The normalized spacial score (nSPS) is 12.8. The highest BCUT2D eigenvalue weighted by Gasteiger charge is 2.24. The van der Waals surface area contributed by atoms with Crippen LogP contribution in [0.5, 0.6) is 0 Å². The lowest BCUT2D eigenvalue weighted by atomic mass is 10.1. The van der Waals surface area contributed by atoms with E-state index in [2.05, 4.69) is 16.0 Å². The number of hydrogen-bond acceptors (Lipinski definition) is 5. The van der Waals surface area contributed by atoms with E-state index in [0.29, 0.717) is 12.1 Å². The SMILES string of the molecule is CC(C)NC(=O)NCc1ccc(C(=O)OCC(=O)N(C)CC(=O)NC2CC2)cc1. The largest absolute Gasteiger partial charge is 0.452 e. The summed E-state index contributed by atoms with van der Waals surface area (Å²) >= 11 is 0. The van der Waals surface area contributed by atoms with E-state index in [4.69, 9.17) is 4.74 Å². The molecule has 0 spiro atoms. The van der Waals surface area contributed by atoms with Gasteiger partial charge >= 0.3 is 12.0 Å². The van der Waals surface area contributed by atoms with Gasteiger partial charge in [0.25, 0.3) is 5.91 Å². The molecule has 0 aromatic heterocycles. The van der Waals surface area contributed by atoms with Crippen molar-refractivity contribution in [2.24, 2.45) is 0 Å². The number of benzene rings is 1. The minimum atomic E-state index is -0.633. The monoisotopic (exact) mass is 404 g/mol. The van der Waals surface area contributed by atoms with E-state index in [1.807, 2.05) is 13.8 Å². The number of nitrogens with zero attached hydrogens (tertiary/aromatic N) is 1. The molecule has 9 nitrogen and oxygen atoms in total. The lowest BCUT2D eigenvalue weighted by molar-refractivity contribution is -0.137. The second-order valence-corrected chi connectivity index (χ2v) is 7.35. The van der Waals surface area contributed by atoms with Crippen molar-refractivity contribution in [1.29, 1.82) is 0 Å². The maximum atomic E-state index is 12.1. The number of esters is 1. The summed E-state index contributed by atoms with van der Waals surface area (Å²) in [6.07, 6.45) is 1.95. The van der Waals surface area contributed by atoms with E-state index in [9.17, 15) is 19.2 Å². The van der Waals surface area contributed by atoms with Gasteiger partial charge in [-0.05, 0) is 44.4 Å². The highest BCUT2D eigenvalue weighted by Crippen LogP contribution is 2.18. The molecule has 0 bridgehead atoms. The molecular formula is C20H28N4O5. The van der Waals surface area contributed by atoms with Crippen LogP contribution in [0, 0.1) is 0 Å². The Hall–Kier alpha value is -3.10. The van der Waals surface area contributed by atoms with Crippen molar-refractivity contribution in [2.75, 3.05) is 20.2 Å². The van der Waals surface area contributed by atoms with Crippen molar-refractivity contribution in [1.82, 2.24) is 20.9 Å². The number of carbonyl (C=O) groups excluding carboxylic acids is 4. The first-order valence-electron chi connectivity index (χ1n) is 9.58. The van der Waals surface area contributed by atoms with Crippen molar-refractivity contribution >= 4 is 23.8 Å². The van der Waals surface area contributed by atoms with Gasteiger partial charge in [-0.3, -0.25) is 9.59 Å². The van der Waals surface area contributed by atoms with Gasteiger partial charge in [0.2, 0.25) is 5.91 Å². The molecule has 29 heavy (non-hydrogen) atoms. The van der Waals surface area contributed by atoms with Gasteiger partial charge in [0.05, 0.1) is 12.1 Å². The lowest BCUT2D eigenvalue weighted by Gasteiger charge is -2.16. The Bertz CT molecular complexity index is 744. The minimum Gasteiger partial charge on any atom is -0.452 e. The predicted octanol–water partition coefficient (Wildman–Crippen LogP) is 0.788. The Morgan fingerprint density at radius 1 is 1.14 bits per heavy atom. The van der Waals surface area contributed by atoms with Gasteiger partial charge in [-0.15, -0.1) is 0 Å². The molecule has 0 aliphatic heterocycles. The molecule has 3 N–H and O–H groups in total. The summed E-state index contributed by atoms with van der Waals surface area (Å²) in [5.74, 6) is -1.31. The molecule has 0 heterocycles. The number of carbonyl (C=O) groups is 4. The van der Waals surface area contributed by atoms with Crippen LogP contribution in [-0.2, 0) is 20.9 Å². The molecule has 1 aromatic carbocycles. The van der Waals surface area contributed by atoms with E-state index in [0.717, 1.165) is 18.4 Å². The van der Waals surface area contributed by atoms with Crippen molar-refractivity contribution in [3.05, 3.63) is 35.4 Å². The Balaban J connectivity index is 1.73. The molecule has 2 rings (SSSR count). The number of ether oxygens (including phenoxy) is 1. The summed E-state index contributed by atoms with van der Waals surface area (Å²) in [5.41, 5.74) is 1.11. The van der Waals surface area contributed by atoms with Crippen LogP contribution in [0.1, 0.15) is 42.6 Å².